The highest BCUT2D eigenvalue weighted by atomic mass is 16.4. The number of amides is 12. The summed E-state index contributed by atoms with van der Waals surface area (Å²) in [6.45, 7) is 7.74. The van der Waals surface area contributed by atoms with Crippen LogP contribution in [0.3, 0.4) is 0 Å². The van der Waals surface area contributed by atoms with Crippen molar-refractivity contribution >= 4 is 76.9 Å². The standard InChI is InChI=1S/C48H86N14O17/c1-11-15-29(41(71)54-26(5)48(78)79)55-36(68)22-51-35(67)21-52-46(76)37(27(6)64)60-45(75)33(23-63)59-43(73)31(17-13-14-20-62(8,9)10)58-42(72)30(16-12-2)57-40(70)25(4)53-47(77)38(28(7)65)61-44(74)32(18-19-34(50)66)56-39(69)24(3)49/h24-33,37-38,63-65H,11-23,49H2,1-10H3,(H13-,50,51,52,53,54,55,56,57,58,59,60,61,66,67,68,69,70,71,72,73,74,75,76,77,78,79)/p+1/t24-,25-,26-,27+,28+,29-,30-,31-,32-,33-,37-,38-/m0/s1. The summed E-state index contributed by atoms with van der Waals surface area (Å²) in [5.74, 6) is -12.5. The van der Waals surface area contributed by atoms with E-state index in [1.54, 1.807) is 13.8 Å². The summed E-state index contributed by atoms with van der Waals surface area (Å²) < 4.78 is 0.559. The number of rotatable bonds is 38. The maximum atomic E-state index is 13.9. The predicted octanol–water partition coefficient (Wildman–Crippen LogP) is -9.50. The van der Waals surface area contributed by atoms with E-state index in [0.29, 0.717) is 36.7 Å². The molecule has 31 nitrogen and oxygen atoms in total. The molecule has 0 fully saturated rings. The Hall–Kier alpha value is -7.09. The number of primary amides is 1. The Morgan fingerprint density at radius 2 is 0.911 bits per heavy atom. The molecular formula is C48H87N14O17+. The molecule has 79 heavy (non-hydrogen) atoms. The summed E-state index contributed by atoms with van der Waals surface area (Å²) in [4.78, 5) is 167. The Kier molecular flexibility index (Phi) is 32.9. The number of quaternary nitrogens is 2. The van der Waals surface area contributed by atoms with Crippen molar-refractivity contribution in [3.63, 3.8) is 0 Å². The van der Waals surface area contributed by atoms with Gasteiger partial charge in [-0.2, -0.15) is 0 Å². The van der Waals surface area contributed by atoms with Gasteiger partial charge in [0.2, 0.25) is 65.0 Å². The number of carbonyl (C=O) groups excluding carboxylic acids is 13. The quantitative estimate of drug-likeness (QED) is 0.0202. The molecule has 0 aliphatic rings. The fourth-order valence-corrected chi connectivity index (χ4v) is 7.05. The van der Waals surface area contributed by atoms with Crippen LogP contribution in [-0.2, 0) is 62.3 Å². The number of unbranched alkanes of at least 4 members (excludes halogenated alkanes) is 1. The smallest absolute Gasteiger partial charge is 0.278 e. The number of aliphatic hydroxyl groups is 3. The average molecular weight is 1130 g/mol. The Balaban J connectivity index is 6.08. The molecule has 19 N–H and O–H groups in total. The first-order valence-electron chi connectivity index (χ1n) is 26.1. The molecule has 0 rings (SSSR count). The van der Waals surface area contributed by atoms with E-state index in [4.69, 9.17) is 5.73 Å². The molecule has 31 heteroatoms. The molecule has 0 aliphatic heterocycles. The molecule has 450 valence electrons. The van der Waals surface area contributed by atoms with Gasteiger partial charge in [0, 0.05) is 6.42 Å². The van der Waals surface area contributed by atoms with Gasteiger partial charge in [-0.15, -0.1) is 0 Å². The Morgan fingerprint density at radius 1 is 0.494 bits per heavy atom. The molecule has 0 aromatic heterocycles. The van der Waals surface area contributed by atoms with E-state index in [-0.39, 0.29) is 32.1 Å². The minimum atomic E-state index is -1.78. The third-order valence-corrected chi connectivity index (χ3v) is 11.7. The van der Waals surface area contributed by atoms with Crippen molar-refractivity contribution in [2.45, 2.75) is 179 Å². The van der Waals surface area contributed by atoms with E-state index in [1.165, 1.54) is 27.7 Å². The van der Waals surface area contributed by atoms with Gasteiger partial charge in [-0.1, -0.05) is 26.7 Å². The fraction of sp³-hybridized carbons (Fsp3) is 0.729. The summed E-state index contributed by atoms with van der Waals surface area (Å²) >= 11 is 0. The summed E-state index contributed by atoms with van der Waals surface area (Å²) in [6.07, 6.45) is -1.94. The lowest BCUT2D eigenvalue weighted by molar-refractivity contribution is -0.870. The summed E-state index contributed by atoms with van der Waals surface area (Å²) in [5, 5.41) is 67.8. The van der Waals surface area contributed by atoms with E-state index >= 15 is 0 Å². The van der Waals surface area contributed by atoms with Crippen LogP contribution in [0.1, 0.15) is 106 Å². The SMILES string of the molecule is CCC[C@H](NC(=O)CNC(=O)CNC(=O)[C@@H](NC(=O)[C@H](CO)NC(=O)[C@H](CCCC[N+](C)(C)C)NC(=O)[C@H](CCC)NC(=O)[C@H](C)NC(=O)[C@@H](NC(=O)[C@H](CCC(N)=O)NC(=O)[C@H](C)[NH3+])[C@@H](C)O)[C@@H](C)O)C(=O)N[C@@H](C)C(=O)[O-]. The molecular weight excluding hydrogens is 1040 g/mol. The second-order valence-corrected chi connectivity index (χ2v) is 20.3. The summed E-state index contributed by atoms with van der Waals surface area (Å²) in [6, 6.07) is -14.0. The lowest BCUT2D eigenvalue weighted by Gasteiger charge is -2.28. The molecule has 0 aliphatic carbocycles. The van der Waals surface area contributed by atoms with E-state index in [0.717, 1.165) is 6.92 Å². The van der Waals surface area contributed by atoms with Crippen LogP contribution in [0.15, 0.2) is 0 Å². The number of aliphatic hydroxyl groups excluding tert-OH is 3. The number of nitrogens with one attached hydrogen (secondary N) is 11. The number of aliphatic carboxylic acids is 1. The van der Waals surface area contributed by atoms with Gasteiger partial charge >= 0.3 is 0 Å². The normalized spacial score (nSPS) is 15.8. The second kappa shape index (κ2) is 36.2. The third kappa shape index (κ3) is 28.9. The van der Waals surface area contributed by atoms with Crippen LogP contribution >= 0.6 is 0 Å². The van der Waals surface area contributed by atoms with Crippen LogP contribution in [0.5, 0.6) is 0 Å². The highest BCUT2D eigenvalue weighted by molar-refractivity contribution is 5.98. The Labute approximate surface area is 459 Å². The summed E-state index contributed by atoms with van der Waals surface area (Å²) in [5.41, 5.74) is 8.80. The number of hydrogen-bond donors (Lipinski definition) is 16. The zero-order valence-corrected chi connectivity index (χ0v) is 46.9. The number of nitrogens with two attached hydrogens (primary N) is 1. The van der Waals surface area contributed by atoms with Crippen molar-refractivity contribution in [1.82, 2.24) is 58.5 Å². The van der Waals surface area contributed by atoms with Crippen molar-refractivity contribution in [3.05, 3.63) is 0 Å². The van der Waals surface area contributed by atoms with Gasteiger partial charge < -0.3 is 99.7 Å². The van der Waals surface area contributed by atoms with Crippen molar-refractivity contribution < 1.29 is 93.0 Å². The summed E-state index contributed by atoms with van der Waals surface area (Å²) in [7, 11) is 5.82. The highest BCUT2D eigenvalue weighted by Gasteiger charge is 2.35. The van der Waals surface area contributed by atoms with Gasteiger partial charge in [-0.3, -0.25) is 57.5 Å². The van der Waals surface area contributed by atoms with Crippen LogP contribution in [0.25, 0.3) is 0 Å². The monoisotopic (exact) mass is 1130 g/mol. The van der Waals surface area contributed by atoms with E-state index in [1.807, 2.05) is 21.1 Å². The zero-order valence-electron chi connectivity index (χ0n) is 46.9. The van der Waals surface area contributed by atoms with Gasteiger partial charge in [-0.05, 0) is 73.1 Å². The number of carbonyl (C=O) groups is 13. The molecule has 12 atom stereocenters. The van der Waals surface area contributed by atoms with Gasteiger partial charge in [0.25, 0.3) is 5.91 Å². The molecule has 0 saturated heterocycles. The van der Waals surface area contributed by atoms with Crippen molar-refractivity contribution in [2.24, 2.45) is 5.73 Å². The topological polar surface area (TPSA) is 492 Å². The minimum absolute atomic E-state index is 0.00839. The van der Waals surface area contributed by atoms with E-state index in [2.05, 4.69) is 64.2 Å². The molecule has 0 aromatic carbocycles. The Morgan fingerprint density at radius 3 is 1.39 bits per heavy atom. The lowest BCUT2D eigenvalue weighted by Crippen LogP contribution is -2.67. The van der Waals surface area contributed by atoms with Gasteiger partial charge in [0.05, 0.1) is 71.6 Å². The van der Waals surface area contributed by atoms with E-state index < -0.39 is 169 Å². The number of carboxylic acid groups (broad SMARTS) is 1. The van der Waals surface area contributed by atoms with Crippen LogP contribution in [-0.4, -0.2) is 217 Å². The Bertz CT molecular complexity index is 2100. The first-order valence-corrected chi connectivity index (χ1v) is 26.1. The molecule has 0 heterocycles. The van der Waals surface area contributed by atoms with Gasteiger partial charge in [-0.25, -0.2) is 0 Å². The van der Waals surface area contributed by atoms with Crippen LogP contribution < -0.4 is 75.1 Å². The maximum Gasteiger partial charge on any atom is 0.278 e. The molecule has 12 amide bonds. The molecule has 0 radical (unpaired) electrons. The highest BCUT2D eigenvalue weighted by Crippen LogP contribution is 2.09. The largest absolute Gasteiger partial charge is 0.548 e. The maximum absolute atomic E-state index is 13.9. The van der Waals surface area contributed by atoms with Crippen LogP contribution in [0, 0.1) is 0 Å². The first kappa shape index (κ1) is 71.9. The predicted molar refractivity (Wildman–Crippen MR) is 278 cm³/mol. The third-order valence-electron chi connectivity index (χ3n) is 11.7. The van der Waals surface area contributed by atoms with Crippen molar-refractivity contribution in [1.29, 1.82) is 0 Å². The second-order valence-electron chi connectivity index (χ2n) is 20.3. The molecule has 0 spiro atoms. The first-order chi connectivity index (χ1) is 36.7. The lowest BCUT2D eigenvalue weighted by atomic mass is 10.0. The van der Waals surface area contributed by atoms with Gasteiger partial charge in [0.15, 0.2) is 6.04 Å². The fourth-order valence-electron chi connectivity index (χ4n) is 7.05. The molecule has 0 unspecified atom stereocenters. The van der Waals surface area contributed by atoms with Crippen molar-refractivity contribution in [2.75, 3.05) is 47.4 Å². The number of nitrogens with zero attached hydrogens (tertiary/aromatic N) is 1. The number of hydrogen-bond acceptors (Lipinski definition) is 17. The van der Waals surface area contributed by atoms with Gasteiger partial charge in [0.1, 0.15) is 48.3 Å². The minimum Gasteiger partial charge on any atom is -0.548 e. The van der Waals surface area contributed by atoms with Crippen LogP contribution in [0.2, 0.25) is 0 Å². The molecule has 0 aromatic rings. The number of carboxylic acids is 1. The molecule has 0 bridgehead atoms. The molecule has 0 saturated carbocycles. The van der Waals surface area contributed by atoms with E-state index in [9.17, 15) is 82.8 Å². The zero-order chi connectivity index (χ0) is 60.9. The van der Waals surface area contributed by atoms with Crippen molar-refractivity contribution in [3.8, 4) is 0 Å². The van der Waals surface area contributed by atoms with Crippen LogP contribution in [0.4, 0.5) is 0 Å². The average Bonchev–Trinajstić information content (AvgIpc) is 3.35.